The first-order valence-electron chi connectivity index (χ1n) is 45.1. The minimum atomic E-state index is -1.30. The number of carbonyl (C=O) groups excluding carboxylic acids is 12. The molecule has 33 nitrogen and oxygen atoms in total. The number of hydrogen-bond acceptors (Lipinski definition) is 39. The van der Waals surface area contributed by atoms with Crippen molar-refractivity contribution in [3.63, 3.8) is 0 Å². The Labute approximate surface area is 815 Å². The Balaban J connectivity index is -0.000000528. The van der Waals surface area contributed by atoms with Crippen molar-refractivity contribution in [1.82, 2.24) is 29.4 Å². The molecule has 132 heavy (non-hydrogen) atoms. The first-order valence-corrected chi connectivity index (χ1v) is 52.0. The molecule has 0 saturated heterocycles. The van der Waals surface area contributed by atoms with Crippen molar-refractivity contribution in [3.05, 3.63) is 101 Å². The molecule has 0 aliphatic heterocycles. The van der Waals surface area contributed by atoms with E-state index in [0.29, 0.717) is 63.4 Å². The summed E-state index contributed by atoms with van der Waals surface area (Å²) >= 11 is 10.5. The molecule has 0 fully saturated rings. The van der Waals surface area contributed by atoms with Crippen molar-refractivity contribution in [2.45, 2.75) is 127 Å². The topological polar surface area (TPSA) is 363 Å². The number of esters is 12. The number of ether oxygens (including phenoxy) is 15. The van der Waals surface area contributed by atoms with Crippen LogP contribution in [0, 0.1) is 5.41 Å². The van der Waals surface area contributed by atoms with E-state index in [9.17, 15) is 57.5 Å². The minimum absolute atomic E-state index is 0.0198. The molecule has 0 aromatic carbocycles. The summed E-state index contributed by atoms with van der Waals surface area (Å²) in [4.78, 5) is 152. The largest absolute Gasteiger partial charge is 0.465 e. The van der Waals surface area contributed by atoms with Gasteiger partial charge < -0.3 is 100 Å². The second-order valence-corrected chi connectivity index (χ2v) is 35.0. The molecule has 0 bridgehead atoms. The van der Waals surface area contributed by atoms with Crippen LogP contribution in [0.1, 0.15) is 115 Å². The highest BCUT2D eigenvalue weighted by atomic mass is 32.2. The SMILES string of the molecule is C=CC(=O)OCC(COC(=O)C=C)(COC(=O)CCSCCN(C)CC)COC(=O)CCSCCN(CC)CC.C=CC(=O)OCC(CSCCN(CC)CC)OC(=O)C=C.C=CC(=O)OCCOC(=O)CCN(CCSCCCC)CCC(=O)OCCOC(=O)C=C.C=CC(=O)OCCOCCOC(C)OCCSCCN(CC)CC.C=CC(=O)OCCSCCN(CC)CC. The fraction of sp³-hybridized carbons (Fsp3) is 0.699. The number of unbranched alkanes of at least 4 members (excludes halogenated alkanes) is 1. The maximum atomic E-state index is 12.5. The number of hydrogen-bond donors (Lipinski definition) is 0. The number of thioether (sulfide) groups is 6. The van der Waals surface area contributed by atoms with Gasteiger partial charge in [0.15, 0.2) is 6.29 Å². The van der Waals surface area contributed by atoms with E-state index in [2.05, 4.69) is 146 Å². The summed E-state index contributed by atoms with van der Waals surface area (Å²) in [5.74, 6) is 4.37. The smallest absolute Gasteiger partial charge is 0.330 e. The van der Waals surface area contributed by atoms with Crippen LogP contribution in [0.5, 0.6) is 0 Å². The molecule has 0 aromatic rings. The highest BCUT2D eigenvalue weighted by Gasteiger charge is 2.38. The lowest BCUT2D eigenvalue weighted by Crippen LogP contribution is -2.43. The van der Waals surface area contributed by atoms with Crippen molar-refractivity contribution in [2.75, 3.05) is 286 Å². The molecule has 762 valence electrons. The van der Waals surface area contributed by atoms with Crippen LogP contribution in [0.25, 0.3) is 0 Å². The zero-order chi connectivity index (χ0) is 99.9. The molecular weight excluding hydrogens is 1830 g/mol. The molecule has 0 spiro atoms. The second-order valence-electron chi connectivity index (χ2n) is 27.7. The van der Waals surface area contributed by atoms with Gasteiger partial charge in [-0.15, -0.1) is 0 Å². The van der Waals surface area contributed by atoms with Crippen molar-refractivity contribution >= 4 is 142 Å². The van der Waals surface area contributed by atoms with Gasteiger partial charge in [0.2, 0.25) is 0 Å². The fourth-order valence-electron chi connectivity index (χ4n) is 9.69. The van der Waals surface area contributed by atoms with Gasteiger partial charge >= 0.3 is 71.6 Å². The lowest BCUT2D eigenvalue weighted by Gasteiger charge is -2.31. The van der Waals surface area contributed by atoms with E-state index in [0.717, 1.165) is 205 Å². The van der Waals surface area contributed by atoms with Crippen molar-refractivity contribution in [2.24, 2.45) is 5.41 Å². The van der Waals surface area contributed by atoms with Crippen LogP contribution >= 0.6 is 70.6 Å². The molecule has 0 aliphatic carbocycles. The van der Waals surface area contributed by atoms with Gasteiger partial charge in [-0.1, -0.05) is 128 Å². The molecule has 0 N–H and O–H groups in total. The summed E-state index contributed by atoms with van der Waals surface area (Å²) in [5.41, 5.74) is -1.30. The third-order valence-electron chi connectivity index (χ3n) is 18.0. The summed E-state index contributed by atoms with van der Waals surface area (Å²) < 4.78 is 77.0. The second kappa shape index (κ2) is 98.8. The van der Waals surface area contributed by atoms with E-state index < -0.39 is 77.2 Å². The van der Waals surface area contributed by atoms with E-state index in [1.807, 2.05) is 54.2 Å². The maximum Gasteiger partial charge on any atom is 0.330 e. The molecule has 0 heterocycles. The average molecular weight is 1990 g/mol. The normalized spacial score (nSPS) is 11.2. The van der Waals surface area contributed by atoms with Gasteiger partial charge in [0.25, 0.3) is 0 Å². The van der Waals surface area contributed by atoms with E-state index in [1.165, 1.54) is 6.08 Å². The van der Waals surface area contributed by atoms with Crippen LogP contribution in [0.4, 0.5) is 0 Å². The Kier molecular flexibility index (Phi) is 100. The summed E-state index contributed by atoms with van der Waals surface area (Å²) in [6, 6.07) is 0. The van der Waals surface area contributed by atoms with Crippen molar-refractivity contribution < 1.29 is 129 Å². The van der Waals surface area contributed by atoms with E-state index in [-0.39, 0.29) is 104 Å². The van der Waals surface area contributed by atoms with Crippen LogP contribution in [0.2, 0.25) is 0 Å². The molecule has 2 atom stereocenters. The number of nitrogens with zero attached hydrogens (tertiary/aromatic N) is 6. The van der Waals surface area contributed by atoms with Gasteiger partial charge in [-0.25, -0.2) is 38.4 Å². The summed E-state index contributed by atoms with van der Waals surface area (Å²) in [5, 5.41) is 0. The van der Waals surface area contributed by atoms with Gasteiger partial charge in [-0.2, -0.15) is 70.6 Å². The average Bonchev–Trinajstić information content (AvgIpc) is 0.851. The third-order valence-corrected chi connectivity index (χ3v) is 23.9. The van der Waals surface area contributed by atoms with Crippen LogP contribution in [0.3, 0.4) is 0 Å². The van der Waals surface area contributed by atoms with E-state index >= 15 is 0 Å². The zero-order valence-electron chi connectivity index (χ0n) is 81.4. The number of rotatable bonds is 83. The molecule has 0 radical (unpaired) electrons. The van der Waals surface area contributed by atoms with Gasteiger partial charge in [0.05, 0.1) is 52.1 Å². The molecular formula is C93H162N6O27S6. The van der Waals surface area contributed by atoms with Gasteiger partial charge in [-0.05, 0) is 85.0 Å². The standard InChI is InChI=1S/C28H48N2O8S2.C22H35NO8S.C17H33NO5S.C15H25NO4S.C11H21NO2S/c1-7-24(31)35-20-28(21-36-25(32)8-2,22-37-26(33)12-16-39-18-14-29(6)9-3)23-38-27(34)13-17-40-19-15-30(10-4)11-5;1-4-7-17-32-18-12-23(10-8-21(26)30-15-13-28-19(24)5-2)11-9-22(27)31-16-14-29-20(25)6-3;1-5-17(19)23-12-10-20-9-11-21-16(4)22-13-15-24-14-8-18(6-2)7-3;1-5-14(17)19-11-13(20-15(18)6-2)12-21-10-9-16(7-3)8-4;1-4-11(13)14-8-10-15-9-7-12(5-2)6-3/h7-8H,1-2,9-23H2,3-6H3;5-6H,2-4,7-18H2,1H3;5,16H,1,6-15H2,2-4H3;5-6,13H,1-2,7-12H2,3-4H3;4H,1,5-10H2,2-3H3. The Morgan fingerprint density at radius 2 is 0.606 bits per heavy atom. The Hall–Kier alpha value is -6.70. The van der Waals surface area contributed by atoms with Gasteiger partial charge in [0, 0.05) is 164 Å². The molecule has 0 saturated carbocycles. The van der Waals surface area contributed by atoms with Crippen LogP contribution in [-0.4, -0.2) is 400 Å². The predicted octanol–water partition coefficient (Wildman–Crippen LogP) is 11.1. The van der Waals surface area contributed by atoms with Gasteiger partial charge in [0.1, 0.15) is 84.2 Å². The van der Waals surface area contributed by atoms with E-state index in [4.69, 9.17) is 71.1 Å². The molecule has 2 unspecified atom stereocenters. The fourth-order valence-corrected chi connectivity index (χ4v) is 15.2. The summed E-state index contributed by atoms with van der Waals surface area (Å²) in [6.45, 7) is 67.3. The van der Waals surface area contributed by atoms with Gasteiger partial charge in [-0.3, -0.25) is 19.2 Å². The summed E-state index contributed by atoms with van der Waals surface area (Å²) in [6.07, 6.45) is 10.8. The summed E-state index contributed by atoms with van der Waals surface area (Å²) in [7, 11) is 2.03. The predicted molar refractivity (Wildman–Crippen MR) is 535 cm³/mol. The van der Waals surface area contributed by atoms with Crippen molar-refractivity contribution in [3.8, 4) is 0 Å². The van der Waals surface area contributed by atoms with Crippen LogP contribution < -0.4 is 0 Å². The molecule has 0 aromatic heterocycles. The molecule has 0 aliphatic rings. The van der Waals surface area contributed by atoms with Crippen LogP contribution in [-0.2, 0) is 129 Å². The number of carbonyl (C=O) groups is 12. The molecule has 0 rings (SSSR count). The molecule has 39 heteroatoms. The van der Waals surface area contributed by atoms with E-state index in [1.54, 1.807) is 35.3 Å². The third kappa shape index (κ3) is 91.1. The lowest BCUT2D eigenvalue weighted by molar-refractivity contribution is -0.168. The Bertz CT molecular complexity index is 3020. The highest BCUT2D eigenvalue weighted by Crippen LogP contribution is 2.23. The monoisotopic (exact) mass is 1990 g/mol. The molecule has 0 amide bonds. The zero-order valence-corrected chi connectivity index (χ0v) is 86.3. The quantitative estimate of drug-likeness (QED) is 0.0179. The maximum absolute atomic E-state index is 12.5. The Morgan fingerprint density at radius 3 is 1.00 bits per heavy atom. The first-order chi connectivity index (χ1) is 63.5. The lowest BCUT2D eigenvalue weighted by atomic mass is 9.92. The van der Waals surface area contributed by atoms with Crippen LogP contribution in [0.15, 0.2) is 101 Å². The Morgan fingerprint density at radius 1 is 0.295 bits per heavy atom. The van der Waals surface area contributed by atoms with Crippen molar-refractivity contribution in [1.29, 1.82) is 0 Å². The minimum Gasteiger partial charge on any atom is -0.465 e. The highest BCUT2D eigenvalue weighted by molar-refractivity contribution is 8.00. The first kappa shape index (κ1) is 134.